The van der Waals surface area contributed by atoms with Crippen molar-refractivity contribution in [2.24, 2.45) is 5.92 Å². The molecule has 182 valence electrons. The number of rotatable bonds is 5. The standard InChI is InChI=1S/C26H34N4O4/c1-6-34-24(32)21-14-22-23(31)30(20-12-9-17(3)18(4)13-20)26(5,15-29(22)28-21)25(33)27-19-10-7-16(2)8-11-19/h9,12-14,16,19H,6-8,10-11,15H2,1-5H3,(H,27,33)/t16?,19?,26-/m0/s1. The number of nitrogens with zero attached hydrogens (tertiary/aromatic N) is 3. The molecule has 8 nitrogen and oxygen atoms in total. The van der Waals surface area contributed by atoms with Gasteiger partial charge in [0.2, 0.25) is 5.91 Å². The number of fused-ring (bicyclic) bond motifs is 1. The molecule has 2 amide bonds. The van der Waals surface area contributed by atoms with Crippen LogP contribution >= 0.6 is 0 Å². The lowest BCUT2D eigenvalue weighted by Gasteiger charge is -2.44. The zero-order valence-electron chi connectivity index (χ0n) is 20.7. The van der Waals surface area contributed by atoms with Crippen LogP contribution in [0.2, 0.25) is 0 Å². The molecule has 0 saturated heterocycles. The lowest BCUT2D eigenvalue weighted by Crippen LogP contribution is -2.65. The molecule has 2 aliphatic rings. The number of ether oxygens (including phenoxy) is 1. The molecule has 2 aromatic rings. The Morgan fingerprint density at radius 2 is 1.85 bits per heavy atom. The molecule has 1 aliphatic heterocycles. The molecule has 1 saturated carbocycles. The average molecular weight is 467 g/mol. The van der Waals surface area contributed by atoms with E-state index in [0.717, 1.165) is 36.8 Å². The highest BCUT2D eigenvalue weighted by atomic mass is 16.5. The second-order valence-electron chi connectivity index (χ2n) is 9.91. The molecule has 0 bridgehead atoms. The summed E-state index contributed by atoms with van der Waals surface area (Å²) in [6.45, 7) is 10.1. The molecular weight excluding hydrogens is 432 g/mol. The lowest BCUT2D eigenvalue weighted by atomic mass is 9.86. The maximum Gasteiger partial charge on any atom is 0.358 e. The fraction of sp³-hybridized carbons (Fsp3) is 0.538. The van der Waals surface area contributed by atoms with Gasteiger partial charge in [0.25, 0.3) is 5.91 Å². The predicted molar refractivity (Wildman–Crippen MR) is 129 cm³/mol. The minimum Gasteiger partial charge on any atom is -0.461 e. The van der Waals surface area contributed by atoms with Crippen LogP contribution in [0.3, 0.4) is 0 Å². The minimum absolute atomic E-state index is 0.0659. The Hall–Kier alpha value is -3.16. The Labute approximate surface area is 200 Å². The van der Waals surface area contributed by atoms with Gasteiger partial charge in [-0.05, 0) is 82.6 Å². The number of carbonyl (C=O) groups is 3. The molecule has 1 fully saturated rings. The molecule has 0 radical (unpaired) electrons. The monoisotopic (exact) mass is 466 g/mol. The van der Waals surface area contributed by atoms with E-state index in [-0.39, 0.29) is 42.4 Å². The van der Waals surface area contributed by atoms with Crippen molar-refractivity contribution in [1.82, 2.24) is 15.1 Å². The summed E-state index contributed by atoms with van der Waals surface area (Å²) < 4.78 is 6.54. The molecule has 1 N–H and O–H groups in total. The SMILES string of the molecule is CCOC(=O)c1cc2n(n1)C[C@@](C)(C(=O)NC1CCC(C)CC1)N(c1ccc(C)c(C)c1)C2=O. The Morgan fingerprint density at radius 3 is 2.50 bits per heavy atom. The highest BCUT2D eigenvalue weighted by Crippen LogP contribution is 2.34. The van der Waals surface area contributed by atoms with Crippen LogP contribution in [0.15, 0.2) is 24.3 Å². The number of hydrogen-bond acceptors (Lipinski definition) is 5. The largest absolute Gasteiger partial charge is 0.461 e. The van der Waals surface area contributed by atoms with Crippen molar-refractivity contribution in [2.75, 3.05) is 11.5 Å². The van der Waals surface area contributed by atoms with Crippen molar-refractivity contribution in [3.8, 4) is 0 Å². The number of anilines is 1. The van der Waals surface area contributed by atoms with Crippen LogP contribution in [0.1, 0.15) is 78.6 Å². The fourth-order valence-corrected chi connectivity index (χ4v) is 4.90. The zero-order valence-corrected chi connectivity index (χ0v) is 20.7. The molecule has 1 aromatic heterocycles. The van der Waals surface area contributed by atoms with Gasteiger partial charge < -0.3 is 10.1 Å². The van der Waals surface area contributed by atoms with Crippen LogP contribution in [0.5, 0.6) is 0 Å². The molecular formula is C26H34N4O4. The van der Waals surface area contributed by atoms with Crippen LogP contribution < -0.4 is 10.2 Å². The van der Waals surface area contributed by atoms with Gasteiger partial charge in [0, 0.05) is 17.8 Å². The quantitative estimate of drug-likeness (QED) is 0.677. The molecule has 1 aliphatic carbocycles. The van der Waals surface area contributed by atoms with E-state index in [1.54, 1.807) is 18.7 Å². The van der Waals surface area contributed by atoms with Gasteiger partial charge in [-0.3, -0.25) is 19.2 Å². The van der Waals surface area contributed by atoms with Gasteiger partial charge in [0.1, 0.15) is 11.2 Å². The Balaban J connectivity index is 1.73. The summed E-state index contributed by atoms with van der Waals surface area (Å²) in [7, 11) is 0. The number of benzene rings is 1. The van der Waals surface area contributed by atoms with Gasteiger partial charge in [-0.15, -0.1) is 0 Å². The van der Waals surface area contributed by atoms with E-state index in [1.165, 1.54) is 10.7 Å². The zero-order chi connectivity index (χ0) is 24.6. The molecule has 1 atom stereocenters. The fourth-order valence-electron chi connectivity index (χ4n) is 4.90. The Kier molecular flexibility index (Phi) is 6.51. The topological polar surface area (TPSA) is 93.5 Å². The first-order valence-electron chi connectivity index (χ1n) is 12.1. The maximum atomic E-state index is 13.8. The summed E-state index contributed by atoms with van der Waals surface area (Å²) >= 11 is 0. The summed E-state index contributed by atoms with van der Waals surface area (Å²) in [5.74, 6) is -0.498. The molecule has 34 heavy (non-hydrogen) atoms. The van der Waals surface area contributed by atoms with Gasteiger partial charge in [0.15, 0.2) is 5.69 Å². The van der Waals surface area contributed by atoms with Crippen LogP contribution in [0, 0.1) is 19.8 Å². The van der Waals surface area contributed by atoms with E-state index in [0.29, 0.717) is 11.6 Å². The van der Waals surface area contributed by atoms with Crippen molar-refractivity contribution in [2.45, 2.75) is 78.4 Å². The number of aromatic nitrogens is 2. The number of nitrogens with one attached hydrogen (secondary N) is 1. The van der Waals surface area contributed by atoms with Crippen molar-refractivity contribution in [3.63, 3.8) is 0 Å². The van der Waals surface area contributed by atoms with Crippen molar-refractivity contribution in [1.29, 1.82) is 0 Å². The van der Waals surface area contributed by atoms with Gasteiger partial charge in [-0.1, -0.05) is 13.0 Å². The van der Waals surface area contributed by atoms with E-state index in [9.17, 15) is 14.4 Å². The second kappa shape index (κ2) is 9.24. The van der Waals surface area contributed by atoms with Crippen LogP contribution in [0.4, 0.5) is 5.69 Å². The first kappa shape index (κ1) is 24.0. The van der Waals surface area contributed by atoms with Crippen LogP contribution in [0.25, 0.3) is 0 Å². The predicted octanol–water partition coefficient (Wildman–Crippen LogP) is 3.79. The third kappa shape index (κ3) is 4.33. The molecule has 1 aromatic carbocycles. The molecule has 4 rings (SSSR count). The van der Waals surface area contributed by atoms with E-state index < -0.39 is 11.5 Å². The van der Waals surface area contributed by atoms with E-state index in [2.05, 4.69) is 17.3 Å². The highest BCUT2D eigenvalue weighted by molar-refractivity contribution is 6.12. The van der Waals surface area contributed by atoms with E-state index in [4.69, 9.17) is 4.74 Å². The maximum absolute atomic E-state index is 13.8. The Morgan fingerprint density at radius 1 is 1.15 bits per heavy atom. The normalized spacial score (nSPS) is 24.5. The summed E-state index contributed by atoms with van der Waals surface area (Å²) in [5, 5.41) is 7.54. The van der Waals surface area contributed by atoms with Gasteiger partial charge in [-0.25, -0.2) is 4.79 Å². The second-order valence-corrected chi connectivity index (χ2v) is 9.91. The molecule has 0 spiro atoms. The van der Waals surface area contributed by atoms with Crippen LogP contribution in [-0.2, 0) is 16.1 Å². The molecule has 2 heterocycles. The molecule has 0 unspecified atom stereocenters. The van der Waals surface area contributed by atoms with Gasteiger partial charge >= 0.3 is 5.97 Å². The Bertz CT molecular complexity index is 1120. The summed E-state index contributed by atoms with van der Waals surface area (Å²) in [4.78, 5) is 41.4. The molecule has 8 heteroatoms. The first-order valence-corrected chi connectivity index (χ1v) is 12.1. The van der Waals surface area contributed by atoms with Crippen molar-refractivity contribution >= 4 is 23.5 Å². The van der Waals surface area contributed by atoms with E-state index in [1.807, 2.05) is 32.0 Å². The van der Waals surface area contributed by atoms with Crippen LogP contribution in [-0.4, -0.2) is 45.8 Å². The van der Waals surface area contributed by atoms with E-state index >= 15 is 0 Å². The third-order valence-electron chi connectivity index (χ3n) is 7.23. The number of amides is 2. The summed E-state index contributed by atoms with van der Waals surface area (Å²) in [6.07, 6.45) is 4.02. The number of carbonyl (C=O) groups excluding carboxylic acids is 3. The summed E-state index contributed by atoms with van der Waals surface area (Å²) in [6, 6.07) is 7.29. The summed E-state index contributed by atoms with van der Waals surface area (Å²) in [5.41, 5.74) is 1.89. The highest BCUT2D eigenvalue weighted by Gasteiger charge is 2.49. The number of hydrogen-bond donors (Lipinski definition) is 1. The minimum atomic E-state index is -1.22. The van der Waals surface area contributed by atoms with Gasteiger partial charge in [-0.2, -0.15) is 5.10 Å². The van der Waals surface area contributed by atoms with Crippen molar-refractivity contribution < 1.29 is 19.1 Å². The van der Waals surface area contributed by atoms with Gasteiger partial charge in [0.05, 0.1) is 13.2 Å². The number of aryl methyl sites for hydroxylation is 2. The van der Waals surface area contributed by atoms with Crippen molar-refractivity contribution in [3.05, 3.63) is 46.8 Å². The smallest absolute Gasteiger partial charge is 0.358 e. The average Bonchev–Trinajstić information content (AvgIpc) is 3.22. The lowest BCUT2D eigenvalue weighted by molar-refractivity contribution is -0.127. The third-order valence-corrected chi connectivity index (χ3v) is 7.23. The number of esters is 1. The first-order chi connectivity index (χ1) is 16.1.